The Morgan fingerprint density at radius 2 is 1.88 bits per heavy atom. The predicted octanol–water partition coefficient (Wildman–Crippen LogP) is -1.66. The van der Waals surface area contributed by atoms with Crippen LogP contribution in [0.3, 0.4) is 0 Å². The van der Waals surface area contributed by atoms with Crippen molar-refractivity contribution in [1.82, 2.24) is 0 Å². The van der Waals surface area contributed by atoms with Gasteiger partial charge in [0.2, 0.25) is 0 Å². The van der Waals surface area contributed by atoms with Gasteiger partial charge >= 0.3 is 0 Å². The van der Waals surface area contributed by atoms with Gasteiger partial charge in [-0.2, -0.15) is 0 Å². The van der Waals surface area contributed by atoms with E-state index in [9.17, 15) is 25.5 Å². The second kappa shape index (κ2) is 5.90. The highest BCUT2D eigenvalue weighted by Crippen LogP contribution is 2.23. The van der Waals surface area contributed by atoms with Crippen LogP contribution in [0.15, 0.2) is 0 Å². The Morgan fingerprint density at radius 3 is 2.50 bits per heavy atom. The quantitative estimate of drug-likeness (QED) is 0.374. The summed E-state index contributed by atoms with van der Waals surface area (Å²) in [5.41, 5.74) is 0. The molecule has 1 saturated heterocycles. The maximum Gasteiger partial charge on any atom is 0.184 e. The molecule has 0 spiro atoms. The zero-order valence-corrected chi connectivity index (χ0v) is 8.94. The van der Waals surface area contributed by atoms with Crippen LogP contribution in [-0.2, 0) is 4.74 Å². The fourth-order valence-electron chi connectivity index (χ4n) is 1.72. The average Bonchev–Trinajstić information content (AvgIpc) is 2.31. The Bertz CT molecular complexity index is 229. The zero-order chi connectivity index (χ0) is 13.0. The van der Waals surface area contributed by atoms with Gasteiger partial charge in [-0.3, -0.25) is 0 Å². The molecule has 1 aliphatic rings. The van der Waals surface area contributed by atoms with Crippen LogP contribution in [0.1, 0.15) is 27.5 Å². The SMILES string of the molecule is [2H]CCCC[C@H](O)[C@H]1OC(O)[C@H](O)[C@@H](O)[C@@H]1O. The molecule has 0 aromatic rings. The Balaban J connectivity index is 2.51. The summed E-state index contributed by atoms with van der Waals surface area (Å²) < 4.78 is 11.8. The summed E-state index contributed by atoms with van der Waals surface area (Å²) in [4.78, 5) is 0. The van der Waals surface area contributed by atoms with Crippen LogP contribution in [0.5, 0.6) is 0 Å². The van der Waals surface area contributed by atoms with Gasteiger partial charge in [-0.05, 0) is 6.42 Å². The summed E-state index contributed by atoms with van der Waals surface area (Å²) in [5, 5.41) is 47.3. The largest absolute Gasteiger partial charge is 0.390 e. The van der Waals surface area contributed by atoms with Crippen molar-refractivity contribution in [2.24, 2.45) is 0 Å². The first-order valence-electron chi connectivity index (χ1n) is 6.04. The highest BCUT2D eigenvalue weighted by molar-refractivity contribution is 4.91. The first kappa shape index (κ1) is 12.2. The third kappa shape index (κ3) is 2.91. The molecule has 0 bridgehead atoms. The zero-order valence-electron chi connectivity index (χ0n) is 9.94. The molecule has 1 aliphatic heterocycles. The Labute approximate surface area is 95.5 Å². The van der Waals surface area contributed by atoms with E-state index in [-0.39, 0.29) is 6.90 Å². The Hall–Kier alpha value is -0.240. The molecule has 6 heteroatoms. The molecule has 96 valence electrons. The average molecular weight is 237 g/mol. The standard InChI is InChI=1S/C10H20O6/c1-2-3-4-5(11)9-7(13)6(12)8(14)10(15)16-9/h5-15H,2-4H2,1H3/t5-,6-,7-,8+,9+,10?/m0/s1/i1D. The van der Waals surface area contributed by atoms with Crippen molar-refractivity contribution in [2.45, 2.75) is 63.0 Å². The highest BCUT2D eigenvalue weighted by atomic mass is 16.6. The molecule has 0 aliphatic carbocycles. The van der Waals surface area contributed by atoms with Gasteiger partial charge in [0.05, 0.1) is 6.10 Å². The molecule has 6 atom stereocenters. The van der Waals surface area contributed by atoms with Crippen LogP contribution in [0, 0.1) is 0 Å². The smallest absolute Gasteiger partial charge is 0.184 e. The van der Waals surface area contributed by atoms with Crippen LogP contribution in [0.25, 0.3) is 0 Å². The second-order valence-electron chi connectivity index (χ2n) is 4.03. The van der Waals surface area contributed by atoms with Crippen LogP contribution in [0.2, 0.25) is 0 Å². The first-order chi connectivity index (χ1) is 7.99. The third-order valence-corrected chi connectivity index (χ3v) is 2.75. The van der Waals surface area contributed by atoms with Gasteiger partial charge in [0.25, 0.3) is 0 Å². The van der Waals surface area contributed by atoms with Crippen molar-refractivity contribution in [2.75, 3.05) is 0 Å². The lowest BCUT2D eigenvalue weighted by Crippen LogP contribution is -2.60. The van der Waals surface area contributed by atoms with Gasteiger partial charge in [0.1, 0.15) is 24.4 Å². The minimum absolute atomic E-state index is 0.255. The van der Waals surface area contributed by atoms with Crippen LogP contribution in [0.4, 0.5) is 0 Å². The monoisotopic (exact) mass is 237 g/mol. The van der Waals surface area contributed by atoms with Crippen molar-refractivity contribution in [1.29, 1.82) is 0 Å². The van der Waals surface area contributed by atoms with Crippen LogP contribution >= 0.6 is 0 Å². The lowest BCUT2D eigenvalue weighted by molar-refractivity contribution is -0.297. The summed E-state index contributed by atoms with van der Waals surface area (Å²) in [5.74, 6) is 0. The maximum absolute atomic E-state index is 9.74. The maximum atomic E-state index is 9.74. The first-order valence-corrected chi connectivity index (χ1v) is 5.34. The van der Waals surface area contributed by atoms with E-state index in [0.717, 1.165) is 0 Å². The summed E-state index contributed by atoms with van der Waals surface area (Å²) in [7, 11) is 0. The Kier molecular flexibility index (Phi) is 4.51. The molecule has 5 N–H and O–H groups in total. The minimum atomic E-state index is -1.62. The fraction of sp³-hybridized carbons (Fsp3) is 1.00. The number of ether oxygens (including phenoxy) is 1. The molecular weight excluding hydrogens is 216 g/mol. The normalized spacial score (nSPS) is 42.8. The van der Waals surface area contributed by atoms with Crippen molar-refractivity contribution in [3.05, 3.63) is 0 Å². The number of hydrogen-bond donors (Lipinski definition) is 5. The van der Waals surface area contributed by atoms with Gasteiger partial charge in [-0.15, -0.1) is 0 Å². The molecule has 6 nitrogen and oxygen atoms in total. The van der Waals surface area contributed by atoms with Crippen LogP contribution in [-0.4, -0.2) is 62.3 Å². The molecule has 1 unspecified atom stereocenters. The number of rotatable bonds is 4. The van der Waals surface area contributed by atoms with E-state index in [0.29, 0.717) is 19.3 Å². The molecule has 1 rings (SSSR count). The van der Waals surface area contributed by atoms with E-state index in [4.69, 9.17) is 6.11 Å². The molecule has 0 aromatic carbocycles. The summed E-state index contributed by atoms with van der Waals surface area (Å²) in [6, 6.07) is 0. The fourth-order valence-corrected chi connectivity index (χ4v) is 1.72. The molecule has 1 fully saturated rings. The summed E-state index contributed by atoms with van der Waals surface area (Å²) in [6.45, 7) is 0.255. The van der Waals surface area contributed by atoms with Crippen molar-refractivity contribution in [3.63, 3.8) is 0 Å². The van der Waals surface area contributed by atoms with Gasteiger partial charge < -0.3 is 30.3 Å². The van der Waals surface area contributed by atoms with Crippen molar-refractivity contribution in [3.8, 4) is 0 Å². The van der Waals surface area contributed by atoms with E-state index in [1.54, 1.807) is 0 Å². The number of unbranched alkanes of at least 4 members (excludes halogenated alkanes) is 1. The molecule has 0 amide bonds. The topological polar surface area (TPSA) is 110 Å². The molecule has 0 aromatic heterocycles. The number of hydrogen-bond acceptors (Lipinski definition) is 6. The number of aliphatic hydroxyl groups is 5. The van der Waals surface area contributed by atoms with Crippen LogP contribution < -0.4 is 0 Å². The van der Waals surface area contributed by atoms with Gasteiger partial charge in [0.15, 0.2) is 6.29 Å². The summed E-state index contributed by atoms with van der Waals surface area (Å²) in [6.07, 6.45) is -6.86. The molecule has 0 radical (unpaired) electrons. The predicted molar refractivity (Wildman–Crippen MR) is 54.4 cm³/mol. The molecule has 0 saturated carbocycles. The number of aliphatic hydroxyl groups excluding tert-OH is 5. The summed E-state index contributed by atoms with van der Waals surface area (Å²) >= 11 is 0. The Morgan fingerprint density at radius 1 is 1.19 bits per heavy atom. The van der Waals surface area contributed by atoms with E-state index >= 15 is 0 Å². The van der Waals surface area contributed by atoms with E-state index in [1.165, 1.54) is 0 Å². The van der Waals surface area contributed by atoms with E-state index < -0.39 is 36.8 Å². The molecule has 16 heavy (non-hydrogen) atoms. The van der Waals surface area contributed by atoms with Crippen molar-refractivity contribution >= 4 is 0 Å². The highest BCUT2D eigenvalue weighted by Gasteiger charge is 2.45. The van der Waals surface area contributed by atoms with Gasteiger partial charge in [-0.25, -0.2) is 0 Å². The van der Waals surface area contributed by atoms with Gasteiger partial charge in [-0.1, -0.05) is 19.7 Å². The minimum Gasteiger partial charge on any atom is -0.390 e. The van der Waals surface area contributed by atoms with E-state index in [2.05, 4.69) is 0 Å². The van der Waals surface area contributed by atoms with E-state index in [1.807, 2.05) is 0 Å². The van der Waals surface area contributed by atoms with Gasteiger partial charge in [0, 0.05) is 1.37 Å². The lowest BCUT2D eigenvalue weighted by atomic mass is 9.93. The second-order valence-corrected chi connectivity index (χ2v) is 4.03. The molecule has 1 heterocycles. The van der Waals surface area contributed by atoms with Crippen molar-refractivity contribution < 1.29 is 31.6 Å². The molecular formula is C10H20O6. The lowest BCUT2D eigenvalue weighted by Gasteiger charge is -2.40. The third-order valence-electron chi connectivity index (χ3n) is 2.75.